The SMILES string of the molecule is CC[C@@]1(O)C(=O)OCc2c1cc1n(c2=O)Cc2c-1nc1cc(F)c(C)c3c1c2C(/C=N/C(=O)[C@H]1C[C@@H](OCNC(=O)CNC(=O)[C@H](Cc2ccccc2)NC(=O)CNC(=O)CNC(=O)COCCOCCOCCOCCOCCOCCOCCOCCNC(=O)CCCCCN2C(=O)C=CC2=O)C1)CC3. The fourth-order valence-corrected chi connectivity index (χ4v) is 12.7. The first kappa shape index (κ1) is 81.9. The van der Waals surface area contributed by atoms with Gasteiger partial charge in [-0.2, -0.15) is 0 Å². The van der Waals surface area contributed by atoms with Crippen LogP contribution < -0.4 is 37.5 Å². The molecule has 4 aromatic rings. The van der Waals surface area contributed by atoms with Crippen molar-refractivity contribution in [3.8, 4) is 11.4 Å². The highest BCUT2D eigenvalue weighted by Crippen LogP contribution is 2.46. The molecular formula is C74H95FN10O22. The van der Waals surface area contributed by atoms with Gasteiger partial charge in [0.05, 0.1) is 154 Å². The van der Waals surface area contributed by atoms with Gasteiger partial charge in [0.15, 0.2) is 5.60 Å². The van der Waals surface area contributed by atoms with Gasteiger partial charge in [0, 0.05) is 78.7 Å². The van der Waals surface area contributed by atoms with Gasteiger partial charge in [-0.15, -0.1) is 0 Å². The summed E-state index contributed by atoms with van der Waals surface area (Å²) in [6.07, 6.45) is 7.85. The van der Waals surface area contributed by atoms with E-state index in [9.17, 15) is 57.8 Å². The van der Waals surface area contributed by atoms with Gasteiger partial charge < -0.3 is 88.9 Å². The van der Waals surface area contributed by atoms with Gasteiger partial charge in [0.2, 0.25) is 41.4 Å². The minimum atomic E-state index is -2.03. The Hall–Kier alpha value is -9.16. The fourth-order valence-electron chi connectivity index (χ4n) is 12.7. The molecule has 0 bridgehead atoms. The second kappa shape index (κ2) is 41.8. The molecular weight excluding hydrogens is 1400 g/mol. The van der Waals surface area contributed by atoms with Crippen LogP contribution in [0, 0.1) is 18.7 Å². The van der Waals surface area contributed by atoms with E-state index in [0.717, 1.165) is 22.9 Å². The van der Waals surface area contributed by atoms with E-state index >= 15 is 4.39 Å². The third-order valence-electron chi connectivity index (χ3n) is 18.7. The summed E-state index contributed by atoms with van der Waals surface area (Å²) in [5.41, 5.74) is 2.48. The normalized spacial score (nSPS) is 17.8. The van der Waals surface area contributed by atoms with Crippen molar-refractivity contribution in [2.45, 2.75) is 115 Å². The minimum absolute atomic E-state index is 0.0318. The van der Waals surface area contributed by atoms with E-state index in [0.29, 0.717) is 171 Å². The van der Waals surface area contributed by atoms with Gasteiger partial charge in [0.1, 0.15) is 31.8 Å². The smallest absolute Gasteiger partial charge is 0.343 e. The molecule has 580 valence electrons. The fraction of sp³-hybridized carbons (Fsp3) is 0.554. The summed E-state index contributed by atoms with van der Waals surface area (Å²) in [6, 6.07) is 10.6. The number of ether oxygens (including phenoxy) is 10. The zero-order chi connectivity index (χ0) is 76.1. The van der Waals surface area contributed by atoms with Crippen molar-refractivity contribution in [3.05, 3.63) is 110 Å². The van der Waals surface area contributed by atoms with Crippen molar-refractivity contribution in [3.63, 3.8) is 0 Å². The molecule has 2 aliphatic carbocycles. The van der Waals surface area contributed by atoms with Gasteiger partial charge in [0.25, 0.3) is 17.4 Å². The molecule has 33 heteroatoms. The number of amides is 9. The van der Waals surface area contributed by atoms with Crippen LogP contribution in [0.2, 0.25) is 0 Å². The quantitative estimate of drug-likeness (QED) is 0.00932. The Morgan fingerprint density at radius 2 is 1.30 bits per heavy atom. The molecule has 3 aliphatic heterocycles. The second-order valence-electron chi connectivity index (χ2n) is 26.0. The van der Waals surface area contributed by atoms with Crippen LogP contribution >= 0.6 is 0 Å². The number of unbranched alkanes of at least 4 members (excludes halogenated alkanes) is 2. The van der Waals surface area contributed by atoms with Crippen LogP contribution in [0.3, 0.4) is 0 Å². The van der Waals surface area contributed by atoms with Crippen LogP contribution in [-0.4, -0.2) is 242 Å². The van der Waals surface area contributed by atoms with Crippen molar-refractivity contribution in [1.29, 1.82) is 0 Å². The van der Waals surface area contributed by atoms with Crippen molar-refractivity contribution < 1.29 is 105 Å². The Kier molecular flexibility index (Phi) is 32.0. The van der Waals surface area contributed by atoms with E-state index in [-0.39, 0.29) is 100 Å². The Labute approximate surface area is 617 Å². The molecule has 7 N–H and O–H groups in total. The molecule has 2 aromatic heterocycles. The van der Waals surface area contributed by atoms with Crippen molar-refractivity contribution in [2.75, 3.05) is 145 Å². The van der Waals surface area contributed by atoms with Gasteiger partial charge in [-0.1, -0.05) is 43.7 Å². The highest BCUT2D eigenvalue weighted by atomic mass is 19.1. The van der Waals surface area contributed by atoms with Crippen LogP contribution in [0.25, 0.3) is 22.3 Å². The molecule has 9 rings (SSSR count). The molecule has 9 amide bonds. The summed E-state index contributed by atoms with van der Waals surface area (Å²) in [5, 5.41) is 27.5. The summed E-state index contributed by atoms with van der Waals surface area (Å²) in [4.78, 5) is 150. The van der Waals surface area contributed by atoms with E-state index in [4.69, 9.17) is 52.4 Å². The lowest BCUT2D eigenvalue weighted by atomic mass is 9.78. The highest BCUT2D eigenvalue weighted by molar-refractivity contribution is 6.13. The molecule has 1 fully saturated rings. The zero-order valence-corrected chi connectivity index (χ0v) is 60.3. The minimum Gasteiger partial charge on any atom is -0.458 e. The largest absolute Gasteiger partial charge is 0.458 e. The average Bonchev–Trinajstić information content (AvgIpc) is 1.64. The number of aryl methyl sites for hydroxylation is 1. The molecule has 0 saturated heterocycles. The molecule has 1 unspecified atom stereocenters. The number of carbonyl (C=O) groups is 10. The molecule has 5 heterocycles. The predicted molar refractivity (Wildman–Crippen MR) is 379 cm³/mol. The molecule has 0 radical (unpaired) electrons. The summed E-state index contributed by atoms with van der Waals surface area (Å²) in [5.74, 6) is -6.41. The number of pyridine rings is 2. The first-order valence-corrected chi connectivity index (χ1v) is 36.2. The number of hydrogen-bond acceptors (Lipinski definition) is 23. The topological polar surface area (TPSA) is 406 Å². The lowest BCUT2D eigenvalue weighted by molar-refractivity contribution is -0.172. The lowest BCUT2D eigenvalue weighted by Crippen LogP contribution is -2.52. The predicted octanol–water partition coefficient (Wildman–Crippen LogP) is 0.834. The van der Waals surface area contributed by atoms with Crippen LogP contribution in [0.5, 0.6) is 0 Å². The molecule has 3 atom stereocenters. The van der Waals surface area contributed by atoms with Crippen molar-refractivity contribution in [2.24, 2.45) is 10.9 Å². The number of aromatic nitrogens is 2. The maximum Gasteiger partial charge on any atom is 0.343 e. The van der Waals surface area contributed by atoms with E-state index in [2.05, 4.69) is 36.9 Å². The second-order valence-corrected chi connectivity index (χ2v) is 26.0. The third kappa shape index (κ3) is 23.7. The van der Waals surface area contributed by atoms with Gasteiger partial charge >= 0.3 is 5.97 Å². The van der Waals surface area contributed by atoms with Crippen LogP contribution in [0.4, 0.5) is 4.39 Å². The van der Waals surface area contributed by atoms with Gasteiger partial charge in [-0.3, -0.25) is 52.8 Å². The molecule has 32 nitrogen and oxygen atoms in total. The molecule has 0 spiro atoms. The number of esters is 1. The van der Waals surface area contributed by atoms with Crippen molar-refractivity contribution in [1.82, 2.24) is 46.4 Å². The number of cyclic esters (lactones) is 1. The molecule has 2 aromatic carbocycles. The van der Waals surface area contributed by atoms with Crippen LogP contribution in [0.15, 0.2) is 64.4 Å². The first-order valence-electron chi connectivity index (χ1n) is 36.2. The maximum absolute atomic E-state index is 15.4. The number of halogens is 1. The lowest BCUT2D eigenvalue weighted by Gasteiger charge is -2.33. The number of rotatable bonds is 48. The number of hydrogen-bond donors (Lipinski definition) is 7. The summed E-state index contributed by atoms with van der Waals surface area (Å²) < 4.78 is 71.7. The molecule has 5 aliphatic rings. The van der Waals surface area contributed by atoms with Crippen molar-refractivity contribution >= 4 is 76.3 Å². The number of benzene rings is 2. The summed E-state index contributed by atoms with van der Waals surface area (Å²) in [6.45, 7) is 6.98. The number of nitrogens with zero attached hydrogens (tertiary/aromatic N) is 4. The standard InChI is InChI=1S/C74H95FN10O22/c1-3-74(97)55-37-59-69-53(43-85(59)72(95)54(55)44-106-73(74)96)67-49(13-14-52-47(2)56(75)38-57(83-69)68(52)67)39-79-70(93)50-35-51(36-50)107-46-81-62(88)41-80-71(94)58(34-48-10-6-4-7-11-48)82-63(89)42-77-61(87)40-78-64(90)45-105-33-32-104-31-30-103-29-28-102-27-26-101-25-24-100-23-22-99-21-20-98-19-17-76-60(86)12-8-5-9-18-84-65(91)15-16-66(84)92/h4,6-7,10-11,15-16,37-39,49-51,58,97H,3,5,8-9,12-14,17-36,40-46H2,1-2H3,(H,76,86)(H,77,87)(H,78,90)(H,80,94)(H,81,88)(H,82,89)/b79-39+/t49?,50-,51+,58-,74-/m0/s1. The number of fused-ring (bicyclic) bond motifs is 5. The van der Waals surface area contributed by atoms with Crippen LogP contribution in [-0.2, 0) is 127 Å². The monoisotopic (exact) mass is 1490 g/mol. The summed E-state index contributed by atoms with van der Waals surface area (Å²) >= 11 is 0. The zero-order valence-electron chi connectivity index (χ0n) is 60.3. The maximum atomic E-state index is 15.4. The number of nitrogens with one attached hydrogen (secondary N) is 6. The summed E-state index contributed by atoms with van der Waals surface area (Å²) in [7, 11) is 0. The number of carbonyl (C=O) groups excluding carboxylic acids is 10. The Balaban J connectivity index is 0.554. The Morgan fingerprint density at radius 3 is 1.94 bits per heavy atom. The first-order chi connectivity index (χ1) is 51.8. The number of imide groups is 1. The number of aliphatic hydroxyl groups is 1. The van der Waals surface area contributed by atoms with E-state index < -0.39 is 90.0 Å². The number of aliphatic imine (C=N–C) groups is 1. The van der Waals surface area contributed by atoms with E-state index in [1.807, 2.05) is 0 Å². The average molecular weight is 1500 g/mol. The van der Waals surface area contributed by atoms with Gasteiger partial charge in [-0.05, 0) is 80.2 Å². The Morgan fingerprint density at radius 1 is 0.701 bits per heavy atom. The van der Waals surface area contributed by atoms with E-state index in [1.54, 1.807) is 56.5 Å². The molecule has 107 heavy (non-hydrogen) atoms. The Bertz CT molecular complexity index is 3910. The highest BCUT2D eigenvalue weighted by Gasteiger charge is 2.46. The molecule has 1 saturated carbocycles. The van der Waals surface area contributed by atoms with Gasteiger partial charge in [-0.25, -0.2) is 19.2 Å². The van der Waals surface area contributed by atoms with Crippen LogP contribution in [0.1, 0.15) is 103 Å². The third-order valence-corrected chi connectivity index (χ3v) is 18.7. The van der Waals surface area contributed by atoms with E-state index in [1.165, 1.54) is 27.7 Å².